The van der Waals surface area contributed by atoms with Crippen molar-refractivity contribution >= 4 is 11.6 Å². The average molecular weight is 429 g/mol. The number of piperidine rings is 1. The molecule has 1 spiro atoms. The number of nitrogens with two attached hydrogens (primary N) is 1. The second-order valence-corrected chi connectivity index (χ2v) is 8.93. The van der Waals surface area contributed by atoms with E-state index in [-0.39, 0.29) is 11.5 Å². The maximum absolute atomic E-state index is 13.5. The zero-order valence-corrected chi connectivity index (χ0v) is 17.8. The van der Waals surface area contributed by atoms with Crippen molar-refractivity contribution in [3.8, 4) is 11.1 Å². The van der Waals surface area contributed by atoms with Crippen molar-refractivity contribution in [2.75, 3.05) is 18.0 Å². The molecule has 2 aliphatic rings. The van der Waals surface area contributed by atoms with Gasteiger partial charge in [0.05, 0.1) is 5.69 Å². The maximum Gasteiger partial charge on any atom is 0.211 e. The number of hydrogen-bond donors (Lipinski definition) is 1. The minimum absolute atomic E-state index is 0.0918. The number of fused-ring (bicyclic) bond motifs is 2. The number of nitrogens with zero attached hydrogens (tertiary/aromatic N) is 5. The second kappa shape index (κ2) is 7.38. The van der Waals surface area contributed by atoms with E-state index in [1.54, 1.807) is 18.6 Å². The molecule has 32 heavy (non-hydrogen) atoms. The van der Waals surface area contributed by atoms with Crippen molar-refractivity contribution < 1.29 is 4.39 Å². The van der Waals surface area contributed by atoms with Crippen molar-refractivity contribution in [3.63, 3.8) is 0 Å². The topological polar surface area (TPSA) is 72.3 Å². The SMILES string of the molecule is NC1c2ccccc2CC12CCN(c1ncc(-c3cccnc3CF)c3nccn13)CC2. The van der Waals surface area contributed by atoms with Gasteiger partial charge in [-0.1, -0.05) is 30.3 Å². The molecule has 0 radical (unpaired) electrons. The van der Waals surface area contributed by atoms with Gasteiger partial charge in [0.25, 0.3) is 0 Å². The molecule has 2 N–H and O–H groups in total. The summed E-state index contributed by atoms with van der Waals surface area (Å²) < 4.78 is 15.5. The van der Waals surface area contributed by atoms with Crippen LogP contribution in [0.2, 0.25) is 0 Å². The predicted molar refractivity (Wildman–Crippen MR) is 122 cm³/mol. The van der Waals surface area contributed by atoms with Gasteiger partial charge in [0.15, 0.2) is 0 Å². The van der Waals surface area contributed by atoms with E-state index in [0.717, 1.165) is 55.1 Å². The molecule has 4 aromatic rings. The van der Waals surface area contributed by atoms with E-state index in [9.17, 15) is 4.39 Å². The van der Waals surface area contributed by atoms with Crippen LogP contribution in [0, 0.1) is 5.41 Å². The molecule has 0 amide bonds. The van der Waals surface area contributed by atoms with Gasteiger partial charge in [-0.25, -0.2) is 14.4 Å². The van der Waals surface area contributed by atoms with Gasteiger partial charge in [0.1, 0.15) is 12.3 Å². The van der Waals surface area contributed by atoms with Crippen LogP contribution in [0.1, 0.15) is 35.7 Å². The maximum atomic E-state index is 13.5. The Morgan fingerprint density at radius 1 is 1.00 bits per heavy atom. The summed E-state index contributed by atoms with van der Waals surface area (Å²) in [6.07, 6.45) is 10.2. The standard InChI is InChI=1S/C25H25FN6/c26-15-21-19(6-3-9-28-21)20-16-30-24(32-13-10-29-23(20)32)31-11-7-25(8-12-31)14-17-4-1-2-5-18(17)22(25)27/h1-6,9-10,13,16,22H,7-8,11-12,14-15,27H2. The lowest BCUT2D eigenvalue weighted by molar-refractivity contribution is 0.187. The molecule has 0 bridgehead atoms. The lowest BCUT2D eigenvalue weighted by Gasteiger charge is -2.42. The third-order valence-corrected chi connectivity index (χ3v) is 7.35. The third kappa shape index (κ3) is 2.84. The van der Waals surface area contributed by atoms with Crippen molar-refractivity contribution in [2.24, 2.45) is 11.1 Å². The van der Waals surface area contributed by atoms with Gasteiger partial charge in [-0.2, -0.15) is 0 Å². The van der Waals surface area contributed by atoms with Gasteiger partial charge in [-0.3, -0.25) is 9.38 Å². The molecule has 1 atom stereocenters. The first-order valence-electron chi connectivity index (χ1n) is 11.1. The zero-order chi connectivity index (χ0) is 21.7. The van der Waals surface area contributed by atoms with Gasteiger partial charge in [-0.15, -0.1) is 0 Å². The van der Waals surface area contributed by atoms with Crippen LogP contribution in [-0.2, 0) is 13.1 Å². The molecule has 6 rings (SSSR count). The molecule has 1 fully saturated rings. The highest BCUT2D eigenvalue weighted by Gasteiger charge is 2.46. The fourth-order valence-corrected chi connectivity index (χ4v) is 5.58. The van der Waals surface area contributed by atoms with Gasteiger partial charge in [0.2, 0.25) is 5.95 Å². The highest BCUT2D eigenvalue weighted by Crippen LogP contribution is 2.50. The van der Waals surface area contributed by atoms with Crippen LogP contribution in [0.15, 0.2) is 61.2 Å². The Bertz CT molecular complexity index is 1290. The van der Waals surface area contributed by atoms with Crippen LogP contribution in [0.3, 0.4) is 0 Å². The smallest absolute Gasteiger partial charge is 0.211 e. The molecule has 162 valence electrons. The molecule has 1 aliphatic heterocycles. The van der Waals surface area contributed by atoms with E-state index >= 15 is 0 Å². The van der Waals surface area contributed by atoms with Crippen LogP contribution >= 0.6 is 0 Å². The Morgan fingerprint density at radius 2 is 1.84 bits per heavy atom. The summed E-state index contributed by atoms with van der Waals surface area (Å²) in [5.74, 6) is 0.867. The lowest BCUT2D eigenvalue weighted by Crippen LogP contribution is -2.45. The number of benzene rings is 1. The van der Waals surface area contributed by atoms with Gasteiger partial charge in [-0.05, 0) is 41.9 Å². The zero-order valence-electron chi connectivity index (χ0n) is 17.8. The van der Waals surface area contributed by atoms with Crippen molar-refractivity contribution in [1.29, 1.82) is 0 Å². The van der Waals surface area contributed by atoms with Crippen LogP contribution < -0.4 is 10.6 Å². The van der Waals surface area contributed by atoms with Crippen LogP contribution in [-0.4, -0.2) is 32.4 Å². The molecule has 0 saturated carbocycles. The van der Waals surface area contributed by atoms with Crippen LogP contribution in [0.5, 0.6) is 0 Å². The van der Waals surface area contributed by atoms with Crippen LogP contribution in [0.25, 0.3) is 16.8 Å². The molecule has 1 aromatic carbocycles. The van der Waals surface area contributed by atoms with Crippen molar-refractivity contribution in [3.05, 3.63) is 78.0 Å². The summed E-state index contributed by atoms with van der Waals surface area (Å²) in [7, 11) is 0. The van der Waals surface area contributed by atoms with Gasteiger partial charge < -0.3 is 10.6 Å². The molecule has 7 heteroatoms. The molecule has 1 saturated heterocycles. The minimum atomic E-state index is -0.623. The highest BCUT2D eigenvalue weighted by atomic mass is 19.1. The number of imidazole rings is 1. The number of halogens is 1. The Kier molecular flexibility index (Phi) is 4.47. The number of rotatable bonds is 3. The molecular formula is C25H25FN6. The monoisotopic (exact) mass is 428 g/mol. The number of anilines is 1. The molecule has 1 aliphatic carbocycles. The Balaban J connectivity index is 1.30. The molecule has 6 nitrogen and oxygen atoms in total. The van der Waals surface area contributed by atoms with E-state index in [0.29, 0.717) is 5.69 Å². The van der Waals surface area contributed by atoms with Crippen molar-refractivity contribution in [2.45, 2.75) is 32.0 Å². The normalized spacial score (nSPS) is 19.6. The first kappa shape index (κ1) is 19.4. The van der Waals surface area contributed by atoms with E-state index in [1.165, 1.54) is 11.1 Å². The first-order valence-corrected chi connectivity index (χ1v) is 11.1. The van der Waals surface area contributed by atoms with Gasteiger partial charge >= 0.3 is 0 Å². The van der Waals surface area contributed by atoms with Gasteiger partial charge in [0, 0.05) is 55.0 Å². The fraction of sp³-hybridized carbons (Fsp3) is 0.320. The Morgan fingerprint density at radius 3 is 2.66 bits per heavy atom. The fourth-order valence-electron chi connectivity index (χ4n) is 5.58. The summed E-state index contributed by atoms with van der Waals surface area (Å²) >= 11 is 0. The minimum Gasteiger partial charge on any atom is -0.342 e. The number of aromatic nitrogens is 4. The Hall–Kier alpha value is -3.32. The number of hydrogen-bond acceptors (Lipinski definition) is 5. The second-order valence-electron chi connectivity index (χ2n) is 8.93. The molecule has 3 aromatic heterocycles. The lowest BCUT2D eigenvalue weighted by atomic mass is 9.73. The first-order chi connectivity index (χ1) is 15.7. The van der Waals surface area contributed by atoms with Crippen LogP contribution in [0.4, 0.5) is 10.3 Å². The number of alkyl halides is 1. The summed E-state index contributed by atoms with van der Waals surface area (Å²) in [4.78, 5) is 15.9. The van der Waals surface area contributed by atoms with E-state index < -0.39 is 6.67 Å². The molecular weight excluding hydrogens is 403 g/mol. The van der Waals surface area contributed by atoms with E-state index in [2.05, 4.69) is 39.1 Å². The summed E-state index contributed by atoms with van der Waals surface area (Å²) in [6, 6.07) is 12.4. The summed E-state index contributed by atoms with van der Waals surface area (Å²) in [5, 5.41) is 0. The average Bonchev–Trinajstić information content (AvgIpc) is 3.43. The predicted octanol–water partition coefficient (Wildman–Crippen LogP) is 4.10. The highest BCUT2D eigenvalue weighted by molar-refractivity contribution is 5.79. The van der Waals surface area contributed by atoms with E-state index in [1.807, 2.05) is 22.7 Å². The Labute approximate surface area is 185 Å². The van der Waals surface area contributed by atoms with Crippen molar-refractivity contribution in [1.82, 2.24) is 19.4 Å². The summed E-state index contributed by atoms with van der Waals surface area (Å²) in [5.41, 5.74) is 12.3. The quantitative estimate of drug-likeness (QED) is 0.532. The molecule has 4 heterocycles. The summed E-state index contributed by atoms with van der Waals surface area (Å²) in [6.45, 7) is 1.16. The largest absolute Gasteiger partial charge is 0.342 e. The third-order valence-electron chi connectivity index (χ3n) is 7.35. The van der Waals surface area contributed by atoms with E-state index in [4.69, 9.17) is 10.7 Å². The molecule has 1 unspecified atom stereocenters. The number of pyridine rings is 1.